The average molecular weight is 401 g/mol. The quantitative estimate of drug-likeness (QED) is 0.663. The highest BCUT2D eigenvalue weighted by Crippen LogP contribution is 2.20. The Kier molecular flexibility index (Phi) is 5.51. The first-order valence-electron chi connectivity index (χ1n) is 8.77. The van der Waals surface area contributed by atoms with Crippen molar-refractivity contribution >= 4 is 29.1 Å². The molecule has 0 spiro atoms. The van der Waals surface area contributed by atoms with Gasteiger partial charge in [-0.05, 0) is 38.5 Å². The molecule has 0 aliphatic carbocycles. The van der Waals surface area contributed by atoms with Gasteiger partial charge in [-0.2, -0.15) is 10.2 Å². The molecule has 8 nitrogen and oxygen atoms in total. The second kappa shape index (κ2) is 7.85. The molecule has 2 heterocycles. The van der Waals surface area contributed by atoms with E-state index in [1.807, 2.05) is 37.6 Å². The highest BCUT2D eigenvalue weighted by Gasteiger charge is 2.17. The Morgan fingerprint density at radius 2 is 1.86 bits per heavy atom. The first-order valence-corrected chi connectivity index (χ1v) is 9.15. The predicted molar refractivity (Wildman–Crippen MR) is 107 cm³/mol. The van der Waals surface area contributed by atoms with Gasteiger partial charge in [-0.15, -0.1) is 0 Å². The van der Waals surface area contributed by atoms with Crippen molar-refractivity contribution in [1.82, 2.24) is 19.6 Å². The normalized spacial score (nSPS) is 10.9. The minimum absolute atomic E-state index is 0.0354. The van der Waals surface area contributed by atoms with E-state index in [0.717, 1.165) is 17.0 Å². The van der Waals surface area contributed by atoms with Crippen LogP contribution in [-0.4, -0.2) is 31.4 Å². The number of carbonyl (C=O) groups is 2. The molecule has 2 aromatic heterocycles. The molecule has 0 fully saturated rings. The molecule has 3 rings (SSSR count). The van der Waals surface area contributed by atoms with Crippen LogP contribution in [0, 0.1) is 13.8 Å². The number of aryl methyl sites for hydroxylation is 2. The lowest BCUT2D eigenvalue weighted by Crippen LogP contribution is -2.18. The maximum Gasteiger partial charge on any atom is 0.271 e. The minimum Gasteiger partial charge on any atom is -0.364 e. The summed E-state index contributed by atoms with van der Waals surface area (Å²) in [6.07, 6.45) is 1.58. The molecule has 0 saturated carbocycles. The van der Waals surface area contributed by atoms with Gasteiger partial charge >= 0.3 is 0 Å². The van der Waals surface area contributed by atoms with Crippen molar-refractivity contribution in [3.8, 4) is 0 Å². The van der Waals surface area contributed by atoms with Gasteiger partial charge in [-0.3, -0.25) is 19.0 Å². The number of halogens is 1. The Labute approximate surface area is 167 Å². The summed E-state index contributed by atoms with van der Waals surface area (Å²) in [4.78, 5) is 24.0. The van der Waals surface area contributed by atoms with E-state index in [9.17, 15) is 9.59 Å². The molecule has 2 amide bonds. The van der Waals surface area contributed by atoms with E-state index in [1.54, 1.807) is 23.0 Å². The van der Waals surface area contributed by atoms with E-state index < -0.39 is 5.91 Å². The second-order valence-corrected chi connectivity index (χ2v) is 6.78. The van der Waals surface area contributed by atoms with E-state index >= 15 is 0 Å². The van der Waals surface area contributed by atoms with Crippen molar-refractivity contribution < 1.29 is 9.59 Å². The minimum atomic E-state index is -0.693. The molecule has 0 saturated heterocycles. The summed E-state index contributed by atoms with van der Waals surface area (Å²) in [5.74, 6) is -1.04. The molecule has 0 aliphatic heterocycles. The summed E-state index contributed by atoms with van der Waals surface area (Å²) in [7, 11) is 0. The molecule has 0 aliphatic rings. The van der Waals surface area contributed by atoms with Gasteiger partial charge in [-0.25, -0.2) is 0 Å². The third-order valence-corrected chi connectivity index (χ3v) is 4.96. The van der Waals surface area contributed by atoms with Gasteiger partial charge in [0, 0.05) is 18.3 Å². The number of rotatable bonds is 6. The van der Waals surface area contributed by atoms with Crippen LogP contribution in [0.4, 0.5) is 5.69 Å². The predicted octanol–water partition coefficient (Wildman–Crippen LogP) is 2.77. The zero-order chi connectivity index (χ0) is 20.4. The molecule has 28 heavy (non-hydrogen) atoms. The summed E-state index contributed by atoms with van der Waals surface area (Å²) in [5, 5.41) is 11.8. The molecule has 3 N–H and O–H groups in total. The summed E-state index contributed by atoms with van der Waals surface area (Å²) in [6.45, 7) is 6.76. The van der Waals surface area contributed by atoms with Crippen LogP contribution in [0.15, 0.2) is 30.5 Å². The van der Waals surface area contributed by atoms with Gasteiger partial charge in [-0.1, -0.05) is 23.7 Å². The monoisotopic (exact) mass is 400 g/mol. The van der Waals surface area contributed by atoms with Crippen molar-refractivity contribution in [2.45, 2.75) is 33.9 Å². The first kappa shape index (κ1) is 19.6. The van der Waals surface area contributed by atoms with Gasteiger partial charge < -0.3 is 11.1 Å². The average Bonchev–Trinajstić information content (AvgIpc) is 3.19. The van der Waals surface area contributed by atoms with Gasteiger partial charge in [0.05, 0.1) is 28.6 Å². The van der Waals surface area contributed by atoms with Crippen LogP contribution in [0.2, 0.25) is 5.02 Å². The lowest BCUT2D eigenvalue weighted by molar-refractivity contribution is 0.0995. The van der Waals surface area contributed by atoms with Gasteiger partial charge in [0.25, 0.3) is 11.8 Å². The Morgan fingerprint density at radius 3 is 2.39 bits per heavy atom. The molecule has 0 radical (unpaired) electrons. The van der Waals surface area contributed by atoms with Crippen LogP contribution >= 0.6 is 11.6 Å². The number of aromatic nitrogens is 4. The Hall–Kier alpha value is -3.13. The summed E-state index contributed by atoms with van der Waals surface area (Å²) in [6, 6.07) is 7.13. The van der Waals surface area contributed by atoms with Crippen LogP contribution in [0.25, 0.3) is 0 Å². The van der Waals surface area contributed by atoms with Crippen molar-refractivity contribution in [3.05, 3.63) is 63.7 Å². The molecule has 0 atom stereocenters. The number of carbonyl (C=O) groups excluding carboxylic acids is 2. The van der Waals surface area contributed by atoms with E-state index in [0.29, 0.717) is 29.4 Å². The van der Waals surface area contributed by atoms with E-state index in [1.165, 1.54) is 0 Å². The first-order chi connectivity index (χ1) is 13.3. The largest absolute Gasteiger partial charge is 0.364 e. The molecular weight excluding hydrogens is 380 g/mol. The third kappa shape index (κ3) is 3.91. The number of primary amides is 1. The molecule has 3 aromatic rings. The highest BCUT2D eigenvalue weighted by atomic mass is 35.5. The number of nitrogens with zero attached hydrogens (tertiary/aromatic N) is 4. The number of hydrogen-bond donors (Lipinski definition) is 2. The lowest BCUT2D eigenvalue weighted by atomic mass is 10.1. The standard InChI is InChI=1S/C19H21ClN6O2/c1-4-25-10-15(17(24-25)18(21)27)22-19(28)14-7-5-13(6-8-14)9-26-12(3)16(20)11(2)23-26/h5-8,10H,4,9H2,1-3H3,(H2,21,27)(H,22,28). The van der Waals surface area contributed by atoms with Gasteiger partial charge in [0.2, 0.25) is 0 Å². The second-order valence-electron chi connectivity index (χ2n) is 6.40. The maximum absolute atomic E-state index is 12.5. The van der Waals surface area contributed by atoms with Crippen LogP contribution in [-0.2, 0) is 13.1 Å². The number of hydrogen-bond acceptors (Lipinski definition) is 4. The maximum atomic E-state index is 12.5. The summed E-state index contributed by atoms with van der Waals surface area (Å²) in [5.41, 5.74) is 8.78. The fourth-order valence-corrected chi connectivity index (χ4v) is 2.95. The van der Waals surface area contributed by atoms with Crippen LogP contribution < -0.4 is 11.1 Å². The van der Waals surface area contributed by atoms with Crippen LogP contribution in [0.1, 0.15) is 44.7 Å². The van der Waals surface area contributed by atoms with Crippen molar-refractivity contribution in [3.63, 3.8) is 0 Å². The Morgan fingerprint density at radius 1 is 1.18 bits per heavy atom. The van der Waals surface area contributed by atoms with E-state index in [4.69, 9.17) is 17.3 Å². The highest BCUT2D eigenvalue weighted by molar-refractivity contribution is 6.31. The van der Waals surface area contributed by atoms with Crippen molar-refractivity contribution in [1.29, 1.82) is 0 Å². The van der Waals surface area contributed by atoms with Crippen molar-refractivity contribution in [2.75, 3.05) is 5.32 Å². The van der Waals surface area contributed by atoms with Gasteiger partial charge in [0.1, 0.15) is 0 Å². The SMILES string of the molecule is CCn1cc(NC(=O)c2ccc(Cn3nc(C)c(Cl)c3C)cc2)c(C(N)=O)n1. The summed E-state index contributed by atoms with van der Waals surface area (Å²) >= 11 is 6.18. The zero-order valence-corrected chi connectivity index (χ0v) is 16.6. The fourth-order valence-electron chi connectivity index (χ4n) is 2.81. The molecule has 146 valence electrons. The molecule has 0 unspecified atom stereocenters. The number of nitrogens with one attached hydrogen (secondary N) is 1. The topological polar surface area (TPSA) is 108 Å². The van der Waals surface area contributed by atoms with Crippen LogP contribution in [0.5, 0.6) is 0 Å². The molecule has 1 aromatic carbocycles. The number of benzene rings is 1. The fraction of sp³-hybridized carbons (Fsp3) is 0.263. The molecule has 9 heteroatoms. The Balaban J connectivity index is 1.74. The zero-order valence-electron chi connectivity index (χ0n) is 15.9. The Bertz CT molecular complexity index is 1040. The number of amides is 2. The van der Waals surface area contributed by atoms with E-state index in [2.05, 4.69) is 15.5 Å². The molecule has 0 bridgehead atoms. The van der Waals surface area contributed by atoms with Crippen LogP contribution in [0.3, 0.4) is 0 Å². The summed E-state index contributed by atoms with van der Waals surface area (Å²) < 4.78 is 3.36. The van der Waals surface area contributed by atoms with E-state index in [-0.39, 0.29) is 11.6 Å². The van der Waals surface area contributed by atoms with Crippen molar-refractivity contribution in [2.24, 2.45) is 5.73 Å². The molecular formula is C19H21ClN6O2. The van der Waals surface area contributed by atoms with Gasteiger partial charge in [0.15, 0.2) is 5.69 Å². The number of anilines is 1. The lowest BCUT2D eigenvalue weighted by Gasteiger charge is -2.07. The smallest absolute Gasteiger partial charge is 0.271 e. The number of nitrogens with two attached hydrogens (primary N) is 1. The third-order valence-electron chi connectivity index (χ3n) is 4.41.